The fraction of sp³-hybridized carbons (Fsp3) is 0.800. The van der Waals surface area contributed by atoms with E-state index < -0.39 is 12.0 Å². The molecule has 2 atom stereocenters. The average Bonchev–Trinajstić information content (AvgIpc) is 2.21. The molecule has 0 aromatic heterocycles. The molecule has 1 amide bonds. The molecule has 0 spiro atoms. The van der Waals surface area contributed by atoms with Crippen LogP contribution < -0.4 is 5.32 Å². The third kappa shape index (κ3) is 6.06. The molecule has 0 rings (SSSR count). The van der Waals surface area contributed by atoms with Crippen molar-refractivity contribution in [2.45, 2.75) is 39.3 Å². The Balaban J connectivity index is 4.12. The van der Waals surface area contributed by atoms with Crippen molar-refractivity contribution in [2.24, 2.45) is 0 Å². The zero-order valence-electron chi connectivity index (χ0n) is 9.70. The molecule has 0 aliphatic carbocycles. The van der Waals surface area contributed by atoms with Crippen LogP contribution in [0.3, 0.4) is 0 Å². The van der Waals surface area contributed by atoms with Gasteiger partial charge in [0.05, 0.1) is 19.8 Å². The van der Waals surface area contributed by atoms with Crippen molar-refractivity contribution in [1.29, 1.82) is 0 Å². The quantitative estimate of drug-likeness (QED) is 0.657. The molecule has 0 aliphatic rings. The number of nitrogens with one attached hydrogen (secondary N) is 1. The number of hydrogen-bond acceptors (Lipinski definition) is 4. The van der Waals surface area contributed by atoms with Crippen LogP contribution in [0.5, 0.6) is 0 Å². The number of carbonyl (C=O) groups excluding carboxylic acids is 2. The SMILES string of the molecule is CCC(C)OCC(NC(C)=O)C(=O)OC. The molecule has 2 unspecified atom stereocenters. The van der Waals surface area contributed by atoms with Gasteiger partial charge in [-0.1, -0.05) is 6.92 Å². The Bertz CT molecular complexity index is 217. The Morgan fingerprint density at radius 2 is 2.00 bits per heavy atom. The first-order valence-electron chi connectivity index (χ1n) is 4.97. The van der Waals surface area contributed by atoms with Crippen molar-refractivity contribution in [3.63, 3.8) is 0 Å². The standard InChI is InChI=1S/C10H19NO4/c1-5-7(2)15-6-9(10(13)14-4)11-8(3)12/h7,9H,5-6H2,1-4H3,(H,11,12). The van der Waals surface area contributed by atoms with Gasteiger partial charge in [0, 0.05) is 6.92 Å². The molecule has 88 valence electrons. The smallest absolute Gasteiger partial charge is 0.330 e. The number of rotatable bonds is 6. The van der Waals surface area contributed by atoms with Crippen molar-refractivity contribution in [2.75, 3.05) is 13.7 Å². The van der Waals surface area contributed by atoms with Crippen LogP contribution in [0.4, 0.5) is 0 Å². The highest BCUT2D eigenvalue weighted by molar-refractivity contribution is 5.83. The van der Waals surface area contributed by atoms with E-state index in [0.717, 1.165) is 6.42 Å². The zero-order chi connectivity index (χ0) is 11.8. The molecule has 0 aliphatic heterocycles. The van der Waals surface area contributed by atoms with Gasteiger partial charge in [0.15, 0.2) is 6.04 Å². The van der Waals surface area contributed by atoms with Crippen LogP contribution in [-0.2, 0) is 19.1 Å². The van der Waals surface area contributed by atoms with Gasteiger partial charge < -0.3 is 14.8 Å². The minimum Gasteiger partial charge on any atom is -0.467 e. The lowest BCUT2D eigenvalue weighted by Crippen LogP contribution is -2.44. The normalized spacial score (nSPS) is 14.1. The lowest BCUT2D eigenvalue weighted by Gasteiger charge is -2.18. The molecule has 0 aromatic carbocycles. The monoisotopic (exact) mass is 217 g/mol. The third-order valence-electron chi connectivity index (χ3n) is 1.99. The van der Waals surface area contributed by atoms with Crippen molar-refractivity contribution in [1.82, 2.24) is 5.32 Å². The van der Waals surface area contributed by atoms with E-state index in [1.54, 1.807) is 0 Å². The van der Waals surface area contributed by atoms with Crippen molar-refractivity contribution in [3.05, 3.63) is 0 Å². The summed E-state index contributed by atoms with van der Waals surface area (Å²) < 4.78 is 9.91. The Morgan fingerprint density at radius 1 is 1.40 bits per heavy atom. The van der Waals surface area contributed by atoms with E-state index in [4.69, 9.17) is 4.74 Å². The fourth-order valence-corrected chi connectivity index (χ4v) is 0.935. The summed E-state index contributed by atoms with van der Waals surface area (Å²) in [7, 11) is 1.28. The van der Waals surface area contributed by atoms with E-state index in [2.05, 4.69) is 10.1 Å². The summed E-state index contributed by atoms with van der Waals surface area (Å²) >= 11 is 0. The van der Waals surface area contributed by atoms with Crippen LogP contribution in [-0.4, -0.2) is 37.7 Å². The molecule has 0 bridgehead atoms. The lowest BCUT2D eigenvalue weighted by atomic mass is 10.3. The van der Waals surface area contributed by atoms with Crippen LogP contribution in [0.2, 0.25) is 0 Å². The van der Waals surface area contributed by atoms with Crippen LogP contribution in [0.15, 0.2) is 0 Å². The first-order chi connectivity index (χ1) is 7.01. The average molecular weight is 217 g/mol. The second kappa shape index (κ2) is 7.23. The maximum Gasteiger partial charge on any atom is 0.330 e. The largest absolute Gasteiger partial charge is 0.467 e. The van der Waals surface area contributed by atoms with Gasteiger partial charge in [0.2, 0.25) is 5.91 Å². The molecule has 5 heteroatoms. The highest BCUT2D eigenvalue weighted by Gasteiger charge is 2.20. The second-order valence-electron chi connectivity index (χ2n) is 3.33. The Morgan fingerprint density at radius 3 is 2.40 bits per heavy atom. The summed E-state index contributed by atoms with van der Waals surface area (Å²) in [6.07, 6.45) is 0.916. The van der Waals surface area contributed by atoms with Gasteiger partial charge in [0.1, 0.15) is 0 Å². The molecule has 0 saturated heterocycles. The summed E-state index contributed by atoms with van der Waals surface area (Å²) in [6, 6.07) is -0.721. The van der Waals surface area contributed by atoms with Crippen LogP contribution in [0, 0.1) is 0 Å². The number of ether oxygens (including phenoxy) is 2. The van der Waals surface area contributed by atoms with Crippen molar-refractivity contribution in [3.8, 4) is 0 Å². The van der Waals surface area contributed by atoms with E-state index >= 15 is 0 Å². The highest BCUT2D eigenvalue weighted by Crippen LogP contribution is 1.98. The minimum atomic E-state index is -0.721. The van der Waals surface area contributed by atoms with Crippen LogP contribution in [0.25, 0.3) is 0 Å². The van der Waals surface area contributed by atoms with Crippen molar-refractivity contribution >= 4 is 11.9 Å². The fourth-order valence-electron chi connectivity index (χ4n) is 0.935. The van der Waals surface area contributed by atoms with Gasteiger partial charge in [0.25, 0.3) is 0 Å². The molecule has 0 saturated carbocycles. The molecule has 5 nitrogen and oxygen atoms in total. The van der Waals surface area contributed by atoms with Crippen molar-refractivity contribution < 1.29 is 19.1 Å². The number of esters is 1. The maximum atomic E-state index is 11.2. The summed E-state index contributed by atoms with van der Waals surface area (Å²) in [5, 5.41) is 2.47. The summed E-state index contributed by atoms with van der Waals surface area (Å²) in [5.41, 5.74) is 0. The predicted octanol–water partition coefficient (Wildman–Crippen LogP) is 0.479. The van der Waals surface area contributed by atoms with E-state index in [9.17, 15) is 9.59 Å². The lowest BCUT2D eigenvalue weighted by molar-refractivity contribution is -0.147. The van der Waals surface area contributed by atoms with E-state index in [1.807, 2.05) is 13.8 Å². The number of methoxy groups -OCH3 is 1. The molecule has 0 heterocycles. The van der Waals surface area contributed by atoms with Gasteiger partial charge in [-0.15, -0.1) is 0 Å². The van der Waals surface area contributed by atoms with Crippen LogP contribution in [0.1, 0.15) is 27.2 Å². The molecule has 0 aromatic rings. The first-order valence-corrected chi connectivity index (χ1v) is 4.97. The number of carbonyl (C=O) groups is 2. The molecule has 0 fully saturated rings. The van der Waals surface area contributed by atoms with Gasteiger partial charge in [-0.3, -0.25) is 4.79 Å². The maximum absolute atomic E-state index is 11.2. The zero-order valence-corrected chi connectivity index (χ0v) is 9.70. The van der Waals surface area contributed by atoms with Gasteiger partial charge in [-0.2, -0.15) is 0 Å². The molecular weight excluding hydrogens is 198 g/mol. The van der Waals surface area contributed by atoms with E-state index in [1.165, 1.54) is 14.0 Å². The van der Waals surface area contributed by atoms with E-state index in [-0.39, 0.29) is 18.6 Å². The number of hydrogen-bond donors (Lipinski definition) is 1. The predicted molar refractivity (Wildman–Crippen MR) is 55.3 cm³/mol. The first kappa shape index (κ1) is 13.9. The highest BCUT2D eigenvalue weighted by atomic mass is 16.5. The topological polar surface area (TPSA) is 64.6 Å². The Labute approximate surface area is 90.1 Å². The summed E-state index contributed by atoms with van der Waals surface area (Å²) in [6.45, 7) is 5.37. The second-order valence-corrected chi connectivity index (χ2v) is 3.33. The molecule has 1 N–H and O–H groups in total. The van der Waals surface area contributed by atoms with Gasteiger partial charge in [-0.05, 0) is 13.3 Å². The molecular formula is C10H19NO4. The van der Waals surface area contributed by atoms with Gasteiger partial charge in [-0.25, -0.2) is 4.79 Å². The Hall–Kier alpha value is -1.10. The van der Waals surface area contributed by atoms with Gasteiger partial charge >= 0.3 is 5.97 Å². The molecule has 0 radical (unpaired) electrons. The third-order valence-corrected chi connectivity index (χ3v) is 1.99. The number of amides is 1. The Kier molecular flexibility index (Phi) is 6.70. The summed E-state index contributed by atoms with van der Waals surface area (Å²) in [4.78, 5) is 22.0. The van der Waals surface area contributed by atoms with E-state index in [0.29, 0.717) is 0 Å². The van der Waals surface area contributed by atoms with Crippen LogP contribution >= 0.6 is 0 Å². The summed E-state index contributed by atoms with van der Waals surface area (Å²) in [5.74, 6) is -0.772. The molecule has 15 heavy (non-hydrogen) atoms. The minimum absolute atomic E-state index is 0.0610.